The van der Waals surface area contributed by atoms with Gasteiger partial charge in [0.05, 0.1) is 17.5 Å². The number of amides is 1. The molecule has 0 bridgehead atoms. The normalized spacial score (nSPS) is 15.2. The second-order valence-corrected chi connectivity index (χ2v) is 6.55. The third kappa shape index (κ3) is 3.56. The number of rotatable bonds is 6. The number of aliphatic carboxylic acids is 1. The van der Waals surface area contributed by atoms with E-state index in [0.29, 0.717) is 29.1 Å². The summed E-state index contributed by atoms with van der Waals surface area (Å²) < 4.78 is 13.2. The quantitative estimate of drug-likeness (QED) is 0.850. The molecular weight excluding hydrogens is 319 g/mol. The zero-order chi connectivity index (χ0) is 16.4. The van der Waals surface area contributed by atoms with Crippen molar-refractivity contribution in [3.8, 4) is 10.6 Å². The number of aromatic nitrogens is 1. The molecule has 1 heterocycles. The molecule has 1 aromatic carbocycles. The first kappa shape index (κ1) is 15.6. The second-order valence-electron chi connectivity index (χ2n) is 5.69. The molecule has 1 amide bonds. The van der Waals surface area contributed by atoms with Gasteiger partial charge < -0.3 is 10.4 Å². The molecule has 0 radical (unpaired) electrons. The van der Waals surface area contributed by atoms with E-state index in [9.17, 15) is 14.0 Å². The van der Waals surface area contributed by atoms with Crippen LogP contribution in [-0.2, 0) is 16.0 Å². The summed E-state index contributed by atoms with van der Waals surface area (Å²) in [6, 6.07) is 6.13. The van der Waals surface area contributed by atoms with Crippen LogP contribution in [0.1, 0.15) is 18.5 Å². The average molecular weight is 334 g/mol. The summed E-state index contributed by atoms with van der Waals surface area (Å²) in [4.78, 5) is 27.3. The number of carbonyl (C=O) groups is 2. The van der Waals surface area contributed by atoms with E-state index in [1.165, 1.54) is 23.5 Å². The highest BCUT2D eigenvalue weighted by Crippen LogP contribution is 2.45. The van der Waals surface area contributed by atoms with Gasteiger partial charge in [0.25, 0.3) is 0 Å². The Bertz CT molecular complexity index is 755. The molecule has 1 saturated carbocycles. The van der Waals surface area contributed by atoms with Crippen LogP contribution in [0.4, 0.5) is 4.39 Å². The van der Waals surface area contributed by atoms with Crippen LogP contribution in [0.3, 0.4) is 0 Å². The maximum absolute atomic E-state index is 13.2. The van der Waals surface area contributed by atoms with Gasteiger partial charge in [-0.1, -0.05) is 12.1 Å². The van der Waals surface area contributed by atoms with Gasteiger partial charge in [0.15, 0.2) is 0 Å². The van der Waals surface area contributed by atoms with Crippen LogP contribution in [0.2, 0.25) is 0 Å². The first-order chi connectivity index (χ1) is 11.0. The van der Waals surface area contributed by atoms with Crippen LogP contribution in [0, 0.1) is 11.2 Å². The molecule has 0 spiro atoms. The van der Waals surface area contributed by atoms with Crippen molar-refractivity contribution in [2.75, 3.05) is 6.54 Å². The Morgan fingerprint density at radius 2 is 2.17 bits per heavy atom. The highest BCUT2D eigenvalue weighted by atomic mass is 32.1. The molecule has 120 valence electrons. The van der Waals surface area contributed by atoms with Gasteiger partial charge in [-0.05, 0) is 25.0 Å². The number of hydrogen-bond acceptors (Lipinski definition) is 4. The number of halogens is 1. The summed E-state index contributed by atoms with van der Waals surface area (Å²) in [7, 11) is 0. The van der Waals surface area contributed by atoms with Gasteiger partial charge in [0.2, 0.25) is 5.91 Å². The third-order valence-corrected chi connectivity index (χ3v) is 4.84. The lowest BCUT2D eigenvalue weighted by Gasteiger charge is -2.10. The number of carboxylic acid groups (broad SMARTS) is 1. The maximum Gasteiger partial charge on any atom is 0.311 e. The Labute approximate surface area is 136 Å². The van der Waals surface area contributed by atoms with Crippen molar-refractivity contribution in [1.82, 2.24) is 10.3 Å². The van der Waals surface area contributed by atoms with E-state index in [0.717, 1.165) is 0 Å². The summed E-state index contributed by atoms with van der Waals surface area (Å²) >= 11 is 1.34. The minimum atomic E-state index is -0.861. The lowest BCUT2D eigenvalue weighted by Crippen LogP contribution is -2.35. The fourth-order valence-corrected chi connectivity index (χ4v) is 3.07. The van der Waals surface area contributed by atoms with E-state index in [-0.39, 0.29) is 24.7 Å². The van der Waals surface area contributed by atoms with Crippen LogP contribution >= 0.6 is 11.3 Å². The predicted molar refractivity (Wildman–Crippen MR) is 83.5 cm³/mol. The van der Waals surface area contributed by atoms with Gasteiger partial charge in [-0.2, -0.15) is 0 Å². The number of carboxylic acids is 1. The molecule has 7 heteroatoms. The molecule has 23 heavy (non-hydrogen) atoms. The smallest absolute Gasteiger partial charge is 0.311 e. The van der Waals surface area contributed by atoms with Crippen molar-refractivity contribution in [2.24, 2.45) is 5.41 Å². The maximum atomic E-state index is 13.2. The molecule has 5 nitrogen and oxygen atoms in total. The second kappa shape index (κ2) is 6.08. The molecule has 1 aliphatic rings. The zero-order valence-electron chi connectivity index (χ0n) is 12.2. The summed E-state index contributed by atoms with van der Waals surface area (Å²) in [5.41, 5.74) is 0.487. The molecule has 1 aliphatic carbocycles. The Balaban J connectivity index is 1.58. The van der Waals surface area contributed by atoms with Crippen LogP contribution < -0.4 is 5.32 Å². The Morgan fingerprint density at radius 1 is 1.39 bits per heavy atom. The molecule has 2 N–H and O–H groups in total. The van der Waals surface area contributed by atoms with E-state index in [4.69, 9.17) is 5.11 Å². The fourth-order valence-electron chi connectivity index (χ4n) is 2.25. The lowest BCUT2D eigenvalue weighted by atomic mass is 10.1. The van der Waals surface area contributed by atoms with Gasteiger partial charge in [0.1, 0.15) is 10.8 Å². The number of benzene rings is 1. The summed E-state index contributed by atoms with van der Waals surface area (Å²) in [5.74, 6) is -1.45. The molecule has 1 aromatic heterocycles. The van der Waals surface area contributed by atoms with Gasteiger partial charge in [-0.15, -0.1) is 11.3 Å². The minimum absolute atomic E-state index is 0.0848. The van der Waals surface area contributed by atoms with Crippen molar-refractivity contribution in [1.29, 1.82) is 0 Å². The standard InChI is InChI=1S/C16H15FN2O3S/c17-11-3-1-2-10(6-11)14-19-12(8-23-14)7-13(20)18-9-16(4-5-16)15(21)22/h1-3,6,8H,4-5,7,9H2,(H,18,20)(H,21,22). The SMILES string of the molecule is O=C(Cc1csc(-c2cccc(F)c2)n1)NCC1(C(=O)O)CC1. The van der Waals surface area contributed by atoms with Crippen molar-refractivity contribution in [2.45, 2.75) is 19.3 Å². The lowest BCUT2D eigenvalue weighted by molar-refractivity contribution is -0.143. The predicted octanol–water partition coefficient (Wildman–Crippen LogP) is 2.47. The van der Waals surface area contributed by atoms with Crippen molar-refractivity contribution >= 4 is 23.2 Å². The van der Waals surface area contributed by atoms with E-state index in [1.807, 2.05) is 0 Å². The number of carbonyl (C=O) groups excluding carboxylic acids is 1. The Hall–Kier alpha value is -2.28. The molecule has 0 saturated heterocycles. The van der Waals surface area contributed by atoms with Crippen LogP contribution in [-0.4, -0.2) is 28.5 Å². The van der Waals surface area contributed by atoms with Gasteiger partial charge in [-0.3, -0.25) is 9.59 Å². The Kier molecular flexibility index (Phi) is 4.12. The Morgan fingerprint density at radius 3 is 2.83 bits per heavy atom. The molecule has 0 unspecified atom stereocenters. The van der Waals surface area contributed by atoms with E-state index in [1.54, 1.807) is 17.5 Å². The summed E-state index contributed by atoms with van der Waals surface area (Å²) in [6.07, 6.45) is 1.29. The largest absolute Gasteiger partial charge is 0.481 e. The monoisotopic (exact) mass is 334 g/mol. The number of hydrogen-bond donors (Lipinski definition) is 2. The van der Waals surface area contributed by atoms with E-state index in [2.05, 4.69) is 10.3 Å². The fraction of sp³-hybridized carbons (Fsp3) is 0.312. The van der Waals surface area contributed by atoms with Crippen LogP contribution in [0.25, 0.3) is 10.6 Å². The van der Waals surface area contributed by atoms with Crippen molar-refractivity contribution in [3.63, 3.8) is 0 Å². The topological polar surface area (TPSA) is 79.3 Å². The highest BCUT2D eigenvalue weighted by Gasteiger charge is 2.50. The first-order valence-electron chi connectivity index (χ1n) is 7.19. The number of nitrogens with one attached hydrogen (secondary N) is 1. The van der Waals surface area contributed by atoms with E-state index >= 15 is 0 Å². The van der Waals surface area contributed by atoms with Gasteiger partial charge >= 0.3 is 5.97 Å². The van der Waals surface area contributed by atoms with Crippen molar-refractivity contribution < 1.29 is 19.1 Å². The van der Waals surface area contributed by atoms with Gasteiger partial charge in [0, 0.05) is 17.5 Å². The van der Waals surface area contributed by atoms with E-state index < -0.39 is 11.4 Å². The van der Waals surface area contributed by atoms with Crippen LogP contribution in [0.5, 0.6) is 0 Å². The van der Waals surface area contributed by atoms with Gasteiger partial charge in [-0.25, -0.2) is 9.37 Å². The van der Waals surface area contributed by atoms with Crippen LogP contribution in [0.15, 0.2) is 29.6 Å². The molecule has 1 fully saturated rings. The minimum Gasteiger partial charge on any atom is -0.481 e. The summed E-state index contributed by atoms with van der Waals surface area (Å²) in [5, 5.41) is 14.1. The first-order valence-corrected chi connectivity index (χ1v) is 8.07. The highest BCUT2D eigenvalue weighted by molar-refractivity contribution is 7.13. The zero-order valence-corrected chi connectivity index (χ0v) is 13.0. The number of thiazole rings is 1. The molecular formula is C16H15FN2O3S. The number of nitrogens with zero attached hydrogens (tertiary/aromatic N) is 1. The third-order valence-electron chi connectivity index (χ3n) is 3.90. The molecule has 0 atom stereocenters. The molecule has 0 aliphatic heterocycles. The molecule has 2 aromatic rings. The summed E-state index contributed by atoms with van der Waals surface area (Å²) in [6.45, 7) is 0.155. The molecule has 3 rings (SSSR count). The average Bonchev–Trinajstić information content (AvgIpc) is 3.18. The van der Waals surface area contributed by atoms with Crippen molar-refractivity contribution in [3.05, 3.63) is 41.2 Å².